The van der Waals surface area contributed by atoms with Crippen molar-refractivity contribution in [2.24, 2.45) is 0 Å². The van der Waals surface area contributed by atoms with Crippen molar-refractivity contribution in [1.29, 1.82) is 0 Å². The first-order chi connectivity index (χ1) is 9.95. The Hall–Kier alpha value is -1.99. The highest BCUT2D eigenvalue weighted by atomic mass is 16.6. The highest BCUT2D eigenvalue weighted by Crippen LogP contribution is 2.24. The van der Waals surface area contributed by atoms with Gasteiger partial charge in [0, 0.05) is 23.7 Å². The maximum atomic E-state index is 12.6. The van der Waals surface area contributed by atoms with Gasteiger partial charge < -0.3 is 14.7 Å². The summed E-state index contributed by atoms with van der Waals surface area (Å²) in [5.74, 6) is -0.273. The van der Waals surface area contributed by atoms with Gasteiger partial charge in [-0.05, 0) is 19.9 Å². The van der Waals surface area contributed by atoms with Crippen LogP contribution >= 0.6 is 0 Å². The highest BCUT2D eigenvalue weighted by molar-refractivity contribution is 5.96. The van der Waals surface area contributed by atoms with Crippen LogP contribution in [-0.4, -0.2) is 52.7 Å². The average Bonchev–Trinajstić information content (AvgIpc) is 2.47. The van der Waals surface area contributed by atoms with Gasteiger partial charge in [-0.25, -0.2) is 0 Å². The van der Waals surface area contributed by atoms with Gasteiger partial charge in [-0.1, -0.05) is 6.07 Å². The fraction of sp³-hybridized carbons (Fsp3) is 0.500. The molecule has 1 N–H and O–H groups in total. The van der Waals surface area contributed by atoms with Crippen LogP contribution in [0.5, 0.6) is 0 Å². The standard InChI is InChI=1S/C14H18N2O5/c1-9-8-21-11(7-17)6-15(9)14(18)12-4-3-5-13(10(12)2)16(19)20/h3-5,9,11,17H,6-8H2,1-2H3. The predicted molar refractivity (Wildman–Crippen MR) is 75.2 cm³/mol. The summed E-state index contributed by atoms with van der Waals surface area (Å²) >= 11 is 0. The topological polar surface area (TPSA) is 92.9 Å². The highest BCUT2D eigenvalue weighted by Gasteiger charge is 2.31. The Labute approximate surface area is 122 Å². The molecule has 21 heavy (non-hydrogen) atoms. The molecule has 1 fully saturated rings. The van der Waals surface area contributed by atoms with Crippen LogP contribution < -0.4 is 0 Å². The number of carbonyl (C=O) groups is 1. The number of hydrogen-bond donors (Lipinski definition) is 1. The molecule has 1 aliphatic rings. The lowest BCUT2D eigenvalue weighted by atomic mass is 10.0. The Morgan fingerprint density at radius 2 is 2.29 bits per heavy atom. The van der Waals surface area contributed by atoms with E-state index in [-0.39, 0.29) is 30.8 Å². The van der Waals surface area contributed by atoms with Crippen molar-refractivity contribution in [3.63, 3.8) is 0 Å². The number of nitro benzene ring substituents is 1. The number of hydrogen-bond acceptors (Lipinski definition) is 5. The number of carbonyl (C=O) groups excluding carboxylic acids is 1. The van der Waals surface area contributed by atoms with Crippen LogP contribution in [0, 0.1) is 17.0 Å². The molecule has 2 unspecified atom stereocenters. The first-order valence-corrected chi connectivity index (χ1v) is 6.73. The molecule has 0 aromatic heterocycles. The van der Waals surface area contributed by atoms with Gasteiger partial charge in [0.05, 0.1) is 30.3 Å². The molecule has 0 spiro atoms. The first kappa shape index (κ1) is 15.4. The molecule has 1 aliphatic heterocycles. The summed E-state index contributed by atoms with van der Waals surface area (Å²) < 4.78 is 5.40. The van der Waals surface area contributed by atoms with Crippen LogP contribution in [0.2, 0.25) is 0 Å². The molecule has 7 heteroatoms. The molecule has 1 heterocycles. The molecule has 114 valence electrons. The Morgan fingerprint density at radius 3 is 2.90 bits per heavy atom. The molecule has 1 amide bonds. The van der Waals surface area contributed by atoms with E-state index in [9.17, 15) is 14.9 Å². The Morgan fingerprint density at radius 1 is 1.57 bits per heavy atom. The number of amides is 1. The molecule has 7 nitrogen and oxygen atoms in total. The molecular weight excluding hydrogens is 276 g/mol. The third-order valence-electron chi connectivity index (χ3n) is 3.70. The molecule has 1 aromatic rings. The van der Waals surface area contributed by atoms with Crippen molar-refractivity contribution < 1.29 is 19.6 Å². The van der Waals surface area contributed by atoms with E-state index in [1.165, 1.54) is 12.1 Å². The maximum absolute atomic E-state index is 12.6. The summed E-state index contributed by atoms with van der Waals surface area (Å²) in [5, 5.41) is 20.1. The van der Waals surface area contributed by atoms with Crippen molar-refractivity contribution in [3.05, 3.63) is 39.4 Å². The Balaban J connectivity index is 2.31. The van der Waals surface area contributed by atoms with E-state index < -0.39 is 11.0 Å². The molecule has 0 bridgehead atoms. The van der Waals surface area contributed by atoms with Gasteiger partial charge in [-0.3, -0.25) is 14.9 Å². The minimum Gasteiger partial charge on any atom is -0.394 e. The second-order valence-corrected chi connectivity index (χ2v) is 5.15. The van der Waals surface area contributed by atoms with Crippen LogP contribution in [0.25, 0.3) is 0 Å². The minimum atomic E-state index is -0.495. The summed E-state index contributed by atoms with van der Waals surface area (Å²) in [5.41, 5.74) is 0.599. The van der Waals surface area contributed by atoms with Gasteiger partial charge in [0.25, 0.3) is 11.6 Å². The largest absolute Gasteiger partial charge is 0.394 e. The van der Waals surface area contributed by atoms with E-state index >= 15 is 0 Å². The smallest absolute Gasteiger partial charge is 0.273 e. The van der Waals surface area contributed by atoms with Gasteiger partial charge in [-0.15, -0.1) is 0 Å². The Bertz CT molecular complexity index is 560. The van der Waals surface area contributed by atoms with Gasteiger partial charge >= 0.3 is 0 Å². The monoisotopic (exact) mass is 294 g/mol. The molecule has 0 radical (unpaired) electrons. The van der Waals surface area contributed by atoms with Crippen LogP contribution in [0.4, 0.5) is 5.69 Å². The zero-order chi connectivity index (χ0) is 15.6. The number of morpholine rings is 1. The number of aliphatic hydroxyl groups excluding tert-OH is 1. The summed E-state index contributed by atoms with van der Waals surface area (Å²) in [4.78, 5) is 24.7. The fourth-order valence-corrected chi connectivity index (χ4v) is 2.42. The van der Waals surface area contributed by atoms with Crippen LogP contribution in [0.15, 0.2) is 18.2 Å². The number of rotatable bonds is 3. The summed E-state index contributed by atoms with van der Waals surface area (Å²) in [7, 11) is 0. The minimum absolute atomic E-state index is 0.0690. The van der Waals surface area contributed by atoms with Gasteiger partial charge in [0.1, 0.15) is 0 Å². The summed E-state index contributed by atoms with van der Waals surface area (Å²) in [6, 6.07) is 4.33. The normalized spacial score (nSPS) is 22.1. The summed E-state index contributed by atoms with van der Waals surface area (Å²) in [6.07, 6.45) is -0.413. The summed E-state index contributed by atoms with van der Waals surface area (Å²) in [6.45, 7) is 3.87. The number of nitrogens with zero attached hydrogens (tertiary/aromatic N) is 2. The van der Waals surface area contributed by atoms with E-state index in [4.69, 9.17) is 9.84 Å². The molecule has 2 atom stereocenters. The lowest BCUT2D eigenvalue weighted by Gasteiger charge is -2.37. The van der Waals surface area contributed by atoms with E-state index in [0.717, 1.165) is 0 Å². The van der Waals surface area contributed by atoms with Crippen LogP contribution in [0.3, 0.4) is 0 Å². The first-order valence-electron chi connectivity index (χ1n) is 6.73. The van der Waals surface area contributed by atoms with Crippen molar-refractivity contribution in [2.45, 2.75) is 26.0 Å². The lowest BCUT2D eigenvalue weighted by Crippen LogP contribution is -2.52. The molecular formula is C14H18N2O5. The predicted octanol–water partition coefficient (Wildman–Crippen LogP) is 1.13. The van der Waals surface area contributed by atoms with Crippen molar-refractivity contribution in [3.8, 4) is 0 Å². The maximum Gasteiger partial charge on any atom is 0.273 e. The zero-order valence-corrected chi connectivity index (χ0v) is 12.0. The fourth-order valence-electron chi connectivity index (χ4n) is 2.42. The molecule has 0 saturated carbocycles. The zero-order valence-electron chi connectivity index (χ0n) is 12.0. The van der Waals surface area contributed by atoms with Crippen LogP contribution in [0.1, 0.15) is 22.8 Å². The molecule has 0 aliphatic carbocycles. The molecule has 2 rings (SSSR count). The number of nitro groups is 1. The van der Waals surface area contributed by atoms with E-state index in [0.29, 0.717) is 17.7 Å². The van der Waals surface area contributed by atoms with E-state index in [2.05, 4.69) is 0 Å². The third kappa shape index (κ3) is 3.03. The average molecular weight is 294 g/mol. The second-order valence-electron chi connectivity index (χ2n) is 5.15. The van der Waals surface area contributed by atoms with E-state index in [1.54, 1.807) is 17.9 Å². The van der Waals surface area contributed by atoms with Gasteiger partial charge in [-0.2, -0.15) is 0 Å². The SMILES string of the molecule is Cc1c(C(=O)N2CC(CO)OCC2C)cccc1[N+](=O)[O-]. The second kappa shape index (κ2) is 6.19. The quantitative estimate of drug-likeness (QED) is 0.666. The van der Waals surface area contributed by atoms with Crippen molar-refractivity contribution in [1.82, 2.24) is 4.90 Å². The van der Waals surface area contributed by atoms with Crippen molar-refractivity contribution in [2.75, 3.05) is 19.8 Å². The van der Waals surface area contributed by atoms with Crippen molar-refractivity contribution >= 4 is 11.6 Å². The van der Waals surface area contributed by atoms with Gasteiger partial charge in [0.15, 0.2) is 0 Å². The third-order valence-corrected chi connectivity index (χ3v) is 3.70. The molecule has 1 saturated heterocycles. The number of benzene rings is 1. The van der Waals surface area contributed by atoms with Crippen LogP contribution in [-0.2, 0) is 4.74 Å². The molecule has 1 aromatic carbocycles. The van der Waals surface area contributed by atoms with E-state index in [1.807, 2.05) is 6.92 Å². The lowest BCUT2D eigenvalue weighted by molar-refractivity contribution is -0.385. The number of aliphatic hydroxyl groups is 1. The van der Waals surface area contributed by atoms with Gasteiger partial charge in [0.2, 0.25) is 0 Å². The Kier molecular flexibility index (Phi) is 4.54. The number of ether oxygens (including phenoxy) is 1.